The van der Waals surface area contributed by atoms with Crippen LogP contribution in [0.15, 0.2) is 52.3 Å². The van der Waals surface area contributed by atoms with Crippen LogP contribution in [0.4, 0.5) is 5.69 Å². The second kappa shape index (κ2) is 11.6. The first-order valence-corrected chi connectivity index (χ1v) is 17.3. The molecule has 1 aromatic heterocycles. The monoisotopic (exact) mass is 681 g/mol. The zero-order valence-electron chi connectivity index (χ0n) is 25.2. The Labute approximate surface area is 277 Å². The van der Waals surface area contributed by atoms with Crippen LogP contribution in [0, 0.1) is 42.4 Å². The van der Waals surface area contributed by atoms with E-state index in [1.807, 2.05) is 25.1 Å². The SMILES string of the molecule is Cc1cccc(NC(=O)COc2ccc(Cl)cc2[C@H]2c3sc(=O)[nH]c3SC3C4CC(C5C(=O)N(C(C(=O)O)C(C)C)C(=O)C45)C32)c1. The van der Waals surface area contributed by atoms with Crippen molar-refractivity contribution in [3.63, 3.8) is 0 Å². The number of carbonyl (C=O) groups is 4. The van der Waals surface area contributed by atoms with Crippen LogP contribution in [0.25, 0.3) is 0 Å². The number of halogens is 1. The number of amides is 3. The highest BCUT2D eigenvalue weighted by Crippen LogP contribution is 2.69. The molecule has 240 valence electrons. The minimum atomic E-state index is -1.23. The molecule has 3 aromatic rings. The van der Waals surface area contributed by atoms with Gasteiger partial charge in [-0.3, -0.25) is 24.1 Å². The first-order valence-electron chi connectivity index (χ1n) is 15.2. The number of hydrogen-bond donors (Lipinski definition) is 3. The largest absolute Gasteiger partial charge is 0.483 e. The molecular weight excluding hydrogens is 650 g/mol. The van der Waals surface area contributed by atoms with Crippen LogP contribution in [-0.2, 0) is 19.2 Å². The first kappa shape index (κ1) is 31.0. The van der Waals surface area contributed by atoms with Gasteiger partial charge in [0.1, 0.15) is 11.8 Å². The fraction of sp³-hybridized carbons (Fsp3) is 0.424. The first-order chi connectivity index (χ1) is 21.9. The Morgan fingerprint density at radius 2 is 1.85 bits per heavy atom. The standard InChI is InChI=1S/C33H32ClN3O7S2/c1-13(2)26(32(41)42)37-30(39)24-18-11-19(25(24)31(37)40)27-23(18)22(28-29(45-27)36-33(43)46-28)17-10-15(34)7-8-20(17)44-12-21(38)35-16-6-4-5-14(3)9-16/h4-10,13,18-19,22-27H,11-12H2,1-3H3,(H,35,38)(H,36,43)(H,41,42)/t18?,19?,22-,23?,24?,25?,26?,27?/m1/s1. The molecule has 0 spiro atoms. The third-order valence-corrected chi connectivity index (χ3v) is 12.7. The number of rotatable bonds is 8. The number of thioether (sulfide) groups is 1. The molecule has 2 aliphatic heterocycles. The number of anilines is 1. The molecule has 2 bridgehead atoms. The van der Waals surface area contributed by atoms with Crippen molar-refractivity contribution in [3.05, 3.63) is 73.2 Å². The number of thiazole rings is 1. The lowest BCUT2D eigenvalue weighted by molar-refractivity contribution is -0.157. The van der Waals surface area contributed by atoms with Crippen molar-refractivity contribution in [2.75, 3.05) is 11.9 Å². The number of benzene rings is 2. The number of hydrogen-bond acceptors (Lipinski definition) is 8. The molecule has 8 atom stereocenters. The minimum absolute atomic E-state index is 0.107. The molecule has 2 saturated carbocycles. The summed E-state index contributed by atoms with van der Waals surface area (Å²) in [5, 5.41) is 13.9. The van der Waals surface area contributed by atoms with Crippen LogP contribution in [-0.4, -0.2) is 56.6 Å². The summed E-state index contributed by atoms with van der Waals surface area (Å²) < 4.78 is 6.13. The van der Waals surface area contributed by atoms with Crippen molar-refractivity contribution in [1.29, 1.82) is 0 Å². The molecule has 3 fully saturated rings. The molecule has 1 saturated heterocycles. The van der Waals surface area contributed by atoms with Crippen LogP contribution in [0.5, 0.6) is 5.75 Å². The van der Waals surface area contributed by atoms with E-state index in [-0.39, 0.29) is 40.4 Å². The van der Waals surface area contributed by atoms with Gasteiger partial charge in [-0.2, -0.15) is 0 Å². The number of aliphatic carboxylic acids is 1. The zero-order valence-corrected chi connectivity index (χ0v) is 27.6. The Morgan fingerprint density at radius 3 is 2.54 bits per heavy atom. The lowest BCUT2D eigenvalue weighted by Crippen LogP contribution is -2.49. The number of fused-ring (bicyclic) bond motifs is 9. The summed E-state index contributed by atoms with van der Waals surface area (Å²) >= 11 is 9.19. The molecule has 2 aliphatic carbocycles. The normalized spacial score (nSPS) is 28.2. The molecular formula is C33H32ClN3O7S2. The number of carboxylic acid groups (broad SMARTS) is 1. The molecule has 3 amide bonds. The van der Waals surface area contributed by atoms with E-state index in [0.717, 1.165) is 26.7 Å². The number of carbonyl (C=O) groups excluding carboxylic acids is 3. The van der Waals surface area contributed by atoms with Gasteiger partial charge in [0.15, 0.2) is 6.61 Å². The highest BCUT2D eigenvalue weighted by atomic mass is 35.5. The number of H-pyrrole nitrogens is 1. The van der Waals surface area contributed by atoms with Gasteiger partial charge >= 0.3 is 10.8 Å². The fourth-order valence-corrected chi connectivity index (χ4v) is 11.4. The predicted molar refractivity (Wildman–Crippen MR) is 173 cm³/mol. The topological polar surface area (TPSA) is 146 Å². The van der Waals surface area contributed by atoms with E-state index in [9.17, 15) is 29.1 Å². The van der Waals surface area contributed by atoms with Crippen molar-refractivity contribution in [2.45, 2.75) is 49.4 Å². The smallest absolute Gasteiger partial charge is 0.327 e. The van der Waals surface area contributed by atoms with Crippen molar-refractivity contribution >= 4 is 64.1 Å². The number of carboxylic acids is 1. The van der Waals surface area contributed by atoms with Crippen molar-refractivity contribution in [1.82, 2.24) is 9.88 Å². The van der Waals surface area contributed by atoms with Gasteiger partial charge in [-0.15, -0.1) is 11.8 Å². The van der Waals surface area contributed by atoms with E-state index >= 15 is 0 Å². The van der Waals surface area contributed by atoms with Gasteiger partial charge < -0.3 is 20.1 Å². The average molecular weight is 682 g/mol. The average Bonchev–Trinajstić information content (AvgIpc) is 3.72. The fourth-order valence-electron chi connectivity index (χ4n) is 8.31. The van der Waals surface area contributed by atoms with Crippen LogP contribution in [0.2, 0.25) is 5.02 Å². The second-order valence-corrected chi connectivity index (χ2v) is 15.6. The summed E-state index contributed by atoms with van der Waals surface area (Å²) in [6.45, 7) is 5.07. The Bertz CT molecular complexity index is 1840. The van der Waals surface area contributed by atoms with Crippen LogP contribution >= 0.6 is 34.7 Å². The number of imide groups is 1. The van der Waals surface area contributed by atoms with Crippen LogP contribution < -0.4 is 14.9 Å². The number of ether oxygens (including phenoxy) is 1. The van der Waals surface area contributed by atoms with Crippen molar-refractivity contribution < 1.29 is 29.0 Å². The van der Waals surface area contributed by atoms with E-state index in [1.54, 1.807) is 38.1 Å². The molecule has 3 N–H and O–H groups in total. The third-order valence-electron chi connectivity index (χ3n) is 9.89. The van der Waals surface area contributed by atoms with Gasteiger partial charge in [-0.05, 0) is 72.9 Å². The van der Waals surface area contributed by atoms with Gasteiger partial charge in [0.25, 0.3) is 5.91 Å². The van der Waals surface area contributed by atoms with E-state index in [1.165, 1.54) is 11.8 Å². The van der Waals surface area contributed by atoms with Crippen molar-refractivity contribution in [2.24, 2.45) is 35.5 Å². The van der Waals surface area contributed by atoms with Crippen LogP contribution in [0.3, 0.4) is 0 Å². The quantitative estimate of drug-likeness (QED) is 0.282. The summed E-state index contributed by atoms with van der Waals surface area (Å²) in [5.74, 6) is -4.55. The molecule has 4 aliphatic rings. The number of aromatic amines is 1. The maximum absolute atomic E-state index is 14.0. The molecule has 46 heavy (non-hydrogen) atoms. The van der Waals surface area contributed by atoms with Gasteiger partial charge in [0.2, 0.25) is 11.8 Å². The minimum Gasteiger partial charge on any atom is -0.483 e. The number of aromatic nitrogens is 1. The Morgan fingerprint density at radius 1 is 1.11 bits per heavy atom. The summed E-state index contributed by atoms with van der Waals surface area (Å²) in [6.07, 6.45) is 0.647. The number of aryl methyl sites for hydroxylation is 1. The third kappa shape index (κ3) is 4.96. The molecule has 2 aromatic carbocycles. The van der Waals surface area contributed by atoms with Gasteiger partial charge in [0, 0.05) is 32.3 Å². The number of likely N-dealkylation sites (tertiary alicyclic amines) is 1. The zero-order chi connectivity index (χ0) is 32.6. The van der Waals surface area contributed by atoms with E-state index in [4.69, 9.17) is 16.3 Å². The van der Waals surface area contributed by atoms with E-state index in [2.05, 4.69) is 10.3 Å². The second-order valence-electron chi connectivity index (χ2n) is 12.9. The summed E-state index contributed by atoms with van der Waals surface area (Å²) in [5.41, 5.74) is 2.36. The van der Waals surface area contributed by atoms with Crippen molar-refractivity contribution in [3.8, 4) is 5.75 Å². The Balaban J connectivity index is 1.24. The van der Waals surface area contributed by atoms with Gasteiger partial charge in [-0.25, -0.2) is 4.79 Å². The highest BCUT2D eigenvalue weighted by Gasteiger charge is 2.70. The van der Waals surface area contributed by atoms with Gasteiger partial charge in [0.05, 0.1) is 16.9 Å². The maximum Gasteiger partial charge on any atom is 0.327 e. The lowest BCUT2D eigenvalue weighted by atomic mass is 9.68. The molecule has 0 radical (unpaired) electrons. The summed E-state index contributed by atoms with van der Waals surface area (Å²) in [4.78, 5) is 70.2. The number of nitrogens with one attached hydrogen (secondary N) is 2. The maximum atomic E-state index is 14.0. The molecule has 7 unspecified atom stereocenters. The van der Waals surface area contributed by atoms with E-state index in [0.29, 0.717) is 33.5 Å². The van der Waals surface area contributed by atoms with E-state index < -0.39 is 47.5 Å². The predicted octanol–water partition coefficient (Wildman–Crippen LogP) is 5.00. The molecule has 7 rings (SSSR count). The molecule has 10 nitrogen and oxygen atoms in total. The summed E-state index contributed by atoms with van der Waals surface area (Å²) in [6, 6.07) is 11.4. The van der Waals surface area contributed by atoms with Crippen LogP contribution in [0.1, 0.15) is 42.2 Å². The Hall–Kier alpha value is -3.61. The van der Waals surface area contributed by atoms with Gasteiger partial charge in [-0.1, -0.05) is 48.9 Å². The molecule has 13 heteroatoms. The Kier molecular flexibility index (Phi) is 7.80. The lowest BCUT2D eigenvalue weighted by Gasteiger charge is -2.43. The number of nitrogens with zero attached hydrogens (tertiary/aromatic N) is 1. The highest BCUT2D eigenvalue weighted by molar-refractivity contribution is 8.00. The molecule has 3 heterocycles. The summed E-state index contributed by atoms with van der Waals surface area (Å²) in [7, 11) is 0.